The van der Waals surface area contributed by atoms with Gasteiger partial charge >= 0.3 is 5.97 Å². The predicted octanol–water partition coefficient (Wildman–Crippen LogP) is -0.151. The Hall–Kier alpha value is -1.40. The molecule has 0 aliphatic heterocycles. The molecule has 1 heterocycles. The Morgan fingerprint density at radius 3 is 2.88 bits per heavy atom. The lowest BCUT2D eigenvalue weighted by molar-refractivity contribution is 0.0516. The van der Waals surface area contributed by atoms with Crippen LogP contribution in [0, 0.1) is 0 Å². The van der Waals surface area contributed by atoms with E-state index in [1.54, 1.807) is 27.1 Å². The van der Waals surface area contributed by atoms with Gasteiger partial charge in [-0.2, -0.15) is 5.10 Å². The smallest absolute Gasteiger partial charge is 0.359 e. The largest absolute Gasteiger partial charge is 0.461 e. The minimum Gasteiger partial charge on any atom is -0.461 e. The van der Waals surface area contributed by atoms with E-state index in [1.165, 1.54) is 4.68 Å². The monoisotopic (exact) mass is 241 g/mol. The number of carbonyl (C=O) groups excluding carboxylic acids is 1. The van der Waals surface area contributed by atoms with Crippen molar-refractivity contribution >= 4 is 5.97 Å². The molecule has 0 aromatic carbocycles. The zero-order valence-electron chi connectivity index (χ0n) is 10.4. The van der Waals surface area contributed by atoms with E-state index < -0.39 is 11.5 Å². The quantitative estimate of drug-likeness (QED) is 0.700. The average molecular weight is 241 g/mol. The minimum absolute atomic E-state index is 0.163. The number of ether oxygens (including phenoxy) is 1. The van der Waals surface area contributed by atoms with Gasteiger partial charge in [0, 0.05) is 24.3 Å². The van der Waals surface area contributed by atoms with Crippen molar-refractivity contribution in [2.45, 2.75) is 25.8 Å². The maximum atomic E-state index is 11.7. The lowest BCUT2D eigenvalue weighted by Crippen LogP contribution is -2.42. The number of hydrogen-bond donors (Lipinski definition) is 2. The van der Waals surface area contributed by atoms with E-state index in [-0.39, 0.29) is 12.3 Å². The summed E-state index contributed by atoms with van der Waals surface area (Å²) in [5.41, 5.74) is 6.04. The number of nitrogens with zero attached hydrogens (tertiary/aromatic N) is 2. The molecule has 1 aromatic rings. The summed E-state index contributed by atoms with van der Waals surface area (Å²) in [6, 6.07) is 0. The summed E-state index contributed by atoms with van der Waals surface area (Å²) in [5, 5.41) is 13.2. The Morgan fingerprint density at radius 2 is 2.35 bits per heavy atom. The Morgan fingerprint density at radius 1 is 1.71 bits per heavy atom. The van der Waals surface area contributed by atoms with Crippen LogP contribution in [0.25, 0.3) is 0 Å². The molecule has 0 bridgehead atoms. The van der Waals surface area contributed by atoms with Gasteiger partial charge in [0.05, 0.1) is 13.2 Å². The Kier molecular flexibility index (Phi) is 4.25. The number of carbonyl (C=O) groups is 1. The molecule has 1 atom stereocenters. The molecular weight excluding hydrogens is 222 g/mol. The summed E-state index contributed by atoms with van der Waals surface area (Å²) >= 11 is 0. The number of nitrogens with two attached hydrogens (primary N) is 1. The second-order valence-electron chi connectivity index (χ2n) is 4.39. The highest BCUT2D eigenvalue weighted by molar-refractivity contribution is 5.88. The molecule has 17 heavy (non-hydrogen) atoms. The third-order valence-corrected chi connectivity index (χ3v) is 2.33. The van der Waals surface area contributed by atoms with Crippen LogP contribution in [0.15, 0.2) is 6.20 Å². The van der Waals surface area contributed by atoms with Crippen LogP contribution in [0.1, 0.15) is 29.9 Å². The summed E-state index contributed by atoms with van der Waals surface area (Å²) in [4.78, 5) is 11.7. The molecule has 1 rings (SSSR count). The number of esters is 1. The van der Waals surface area contributed by atoms with E-state index in [2.05, 4.69) is 5.10 Å². The van der Waals surface area contributed by atoms with E-state index in [0.29, 0.717) is 18.6 Å². The summed E-state index contributed by atoms with van der Waals surface area (Å²) in [6.07, 6.45) is 2.08. The lowest BCUT2D eigenvalue weighted by atomic mass is 9.95. The highest BCUT2D eigenvalue weighted by atomic mass is 16.5. The third kappa shape index (κ3) is 3.54. The van der Waals surface area contributed by atoms with Crippen molar-refractivity contribution in [3.63, 3.8) is 0 Å². The first-order chi connectivity index (χ1) is 7.89. The second kappa shape index (κ2) is 5.29. The van der Waals surface area contributed by atoms with Gasteiger partial charge in [0.1, 0.15) is 0 Å². The fraction of sp³-hybridized carbons (Fsp3) is 0.636. The van der Waals surface area contributed by atoms with Crippen LogP contribution < -0.4 is 5.73 Å². The van der Waals surface area contributed by atoms with Crippen LogP contribution in [0.3, 0.4) is 0 Å². The molecule has 0 spiro atoms. The van der Waals surface area contributed by atoms with E-state index in [4.69, 9.17) is 15.6 Å². The molecule has 0 saturated heterocycles. The first-order valence-corrected chi connectivity index (χ1v) is 5.49. The number of aliphatic hydroxyl groups is 1. The van der Waals surface area contributed by atoms with Crippen LogP contribution in [-0.4, -0.2) is 39.6 Å². The van der Waals surface area contributed by atoms with Gasteiger partial charge in [0.2, 0.25) is 0 Å². The van der Waals surface area contributed by atoms with Crippen LogP contribution in [0.2, 0.25) is 0 Å². The Bertz CT molecular complexity index is 399. The van der Waals surface area contributed by atoms with Crippen molar-refractivity contribution in [3.05, 3.63) is 17.5 Å². The molecule has 6 nitrogen and oxygen atoms in total. The van der Waals surface area contributed by atoms with E-state index in [1.807, 2.05) is 0 Å². The van der Waals surface area contributed by atoms with Gasteiger partial charge in [-0.05, 0) is 20.3 Å². The van der Waals surface area contributed by atoms with Crippen molar-refractivity contribution in [1.82, 2.24) is 9.78 Å². The minimum atomic E-state index is -0.774. The molecule has 0 radical (unpaired) electrons. The molecule has 0 fully saturated rings. The lowest BCUT2D eigenvalue weighted by Gasteiger charge is -2.20. The van der Waals surface area contributed by atoms with Crippen molar-refractivity contribution in [2.24, 2.45) is 12.8 Å². The van der Waals surface area contributed by atoms with E-state index >= 15 is 0 Å². The summed E-state index contributed by atoms with van der Waals surface area (Å²) < 4.78 is 6.45. The summed E-state index contributed by atoms with van der Waals surface area (Å²) in [7, 11) is 1.72. The predicted molar refractivity (Wildman–Crippen MR) is 62.5 cm³/mol. The fourth-order valence-corrected chi connectivity index (χ4v) is 1.53. The van der Waals surface area contributed by atoms with Gasteiger partial charge in [-0.15, -0.1) is 0 Å². The third-order valence-electron chi connectivity index (χ3n) is 2.33. The van der Waals surface area contributed by atoms with Crippen molar-refractivity contribution in [2.75, 3.05) is 13.2 Å². The molecule has 1 aromatic heterocycles. The summed E-state index contributed by atoms with van der Waals surface area (Å²) in [5.74, 6) is -0.461. The zero-order valence-corrected chi connectivity index (χ0v) is 10.4. The van der Waals surface area contributed by atoms with E-state index in [0.717, 1.165) is 0 Å². The number of aryl methyl sites for hydroxylation is 1. The SMILES string of the molecule is CCOC(=O)c1nn(C)cc1CC(C)(N)CO. The molecular formula is C11H19N3O3. The van der Waals surface area contributed by atoms with Crippen LogP contribution in [0.4, 0.5) is 0 Å². The standard InChI is InChI=1S/C11H19N3O3/c1-4-17-10(16)9-8(6-14(3)13-9)5-11(2,12)7-15/h6,15H,4-5,7,12H2,1-3H3. The molecule has 0 aliphatic rings. The molecule has 0 aliphatic carbocycles. The second-order valence-corrected chi connectivity index (χ2v) is 4.39. The first-order valence-electron chi connectivity index (χ1n) is 5.49. The fourth-order valence-electron chi connectivity index (χ4n) is 1.53. The first kappa shape index (κ1) is 13.7. The van der Waals surface area contributed by atoms with Crippen LogP contribution >= 0.6 is 0 Å². The van der Waals surface area contributed by atoms with Gasteiger partial charge in [0.15, 0.2) is 5.69 Å². The maximum absolute atomic E-state index is 11.7. The van der Waals surface area contributed by atoms with Gasteiger partial charge in [-0.1, -0.05) is 0 Å². The number of rotatable bonds is 5. The van der Waals surface area contributed by atoms with E-state index in [9.17, 15) is 4.79 Å². The van der Waals surface area contributed by atoms with Crippen molar-refractivity contribution in [3.8, 4) is 0 Å². The Balaban J connectivity index is 2.96. The van der Waals surface area contributed by atoms with Crippen molar-refractivity contribution < 1.29 is 14.6 Å². The normalized spacial score (nSPS) is 14.4. The molecule has 1 unspecified atom stereocenters. The van der Waals surface area contributed by atoms with Crippen LogP contribution in [0.5, 0.6) is 0 Å². The van der Waals surface area contributed by atoms with Gasteiger partial charge in [-0.3, -0.25) is 4.68 Å². The van der Waals surface area contributed by atoms with Gasteiger partial charge in [0.25, 0.3) is 0 Å². The van der Waals surface area contributed by atoms with Gasteiger partial charge in [-0.25, -0.2) is 4.79 Å². The summed E-state index contributed by atoms with van der Waals surface area (Å²) in [6.45, 7) is 3.59. The number of aliphatic hydroxyl groups excluding tert-OH is 1. The molecule has 96 valence electrons. The zero-order chi connectivity index (χ0) is 13.1. The highest BCUT2D eigenvalue weighted by Crippen LogP contribution is 2.15. The average Bonchev–Trinajstić information content (AvgIpc) is 2.59. The molecule has 0 saturated carbocycles. The Labute approximate surface area is 100 Å². The topological polar surface area (TPSA) is 90.4 Å². The van der Waals surface area contributed by atoms with Crippen molar-refractivity contribution in [1.29, 1.82) is 0 Å². The maximum Gasteiger partial charge on any atom is 0.359 e. The number of aromatic nitrogens is 2. The molecule has 6 heteroatoms. The van der Waals surface area contributed by atoms with Gasteiger partial charge < -0.3 is 15.6 Å². The highest BCUT2D eigenvalue weighted by Gasteiger charge is 2.24. The molecule has 0 amide bonds. The van der Waals surface area contributed by atoms with Crippen LogP contribution in [-0.2, 0) is 18.2 Å². The number of hydrogen-bond acceptors (Lipinski definition) is 5. The molecule has 3 N–H and O–H groups in total.